The van der Waals surface area contributed by atoms with Gasteiger partial charge in [0.1, 0.15) is 23.7 Å². The van der Waals surface area contributed by atoms with Crippen LogP contribution in [0.4, 0.5) is 0 Å². The minimum Gasteiger partial charge on any atom is -0.457 e. The van der Waals surface area contributed by atoms with E-state index in [1.54, 1.807) is 18.2 Å². The average molecular weight is 408 g/mol. The second-order valence-electron chi connectivity index (χ2n) is 8.01. The zero-order valence-corrected chi connectivity index (χ0v) is 16.5. The monoisotopic (exact) mass is 408 g/mol. The van der Waals surface area contributed by atoms with Gasteiger partial charge in [-0.2, -0.15) is 0 Å². The van der Waals surface area contributed by atoms with Gasteiger partial charge in [0.05, 0.1) is 25.3 Å². The molecule has 1 saturated carbocycles. The molecule has 2 amide bonds. The Labute approximate surface area is 174 Å². The minimum absolute atomic E-state index is 0.0792. The molecule has 2 aromatic carbocycles. The number of carbonyl (C=O) groups excluding carboxylic acids is 2. The highest BCUT2D eigenvalue weighted by Crippen LogP contribution is 2.31. The molecule has 3 aliphatic rings. The molecule has 4 atom stereocenters. The maximum atomic E-state index is 12.8. The fourth-order valence-electron chi connectivity index (χ4n) is 3.97. The van der Waals surface area contributed by atoms with Crippen LogP contribution in [0.3, 0.4) is 0 Å². The smallest absolute Gasteiger partial charge is 0.251 e. The van der Waals surface area contributed by atoms with E-state index in [1.165, 1.54) is 0 Å². The Bertz CT molecular complexity index is 930. The molecule has 2 saturated heterocycles. The highest BCUT2D eigenvalue weighted by Gasteiger charge is 2.49. The highest BCUT2D eigenvalue weighted by molar-refractivity contribution is 5.94. The van der Waals surface area contributed by atoms with Gasteiger partial charge in [0, 0.05) is 11.5 Å². The predicted octanol–water partition coefficient (Wildman–Crippen LogP) is 2.27. The van der Waals surface area contributed by atoms with Crippen molar-refractivity contribution in [3.8, 4) is 11.5 Å². The molecular formula is C23H24N2O5. The Morgan fingerprint density at radius 1 is 0.833 bits per heavy atom. The Balaban J connectivity index is 1.20. The van der Waals surface area contributed by atoms with Crippen molar-refractivity contribution in [2.24, 2.45) is 5.92 Å². The van der Waals surface area contributed by atoms with Gasteiger partial charge in [-0.3, -0.25) is 9.59 Å². The van der Waals surface area contributed by atoms with Gasteiger partial charge in [0.25, 0.3) is 5.91 Å². The van der Waals surface area contributed by atoms with Gasteiger partial charge in [-0.25, -0.2) is 0 Å². The summed E-state index contributed by atoms with van der Waals surface area (Å²) in [6.07, 6.45) is 1.42. The second kappa shape index (κ2) is 8.08. The highest BCUT2D eigenvalue weighted by atomic mass is 16.6. The van der Waals surface area contributed by atoms with Gasteiger partial charge < -0.3 is 24.8 Å². The fourth-order valence-corrected chi connectivity index (χ4v) is 3.97. The van der Waals surface area contributed by atoms with Crippen LogP contribution in [0.15, 0.2) is 54.6 Å². The molecule has 2 N–H and O–H groups in total. The molecule has 2 aliphatic heterocycles. The van der Waals surface area contributed by atoms with Gasteiger partial charge >= 0.3 is 0 Å². The van der Waals surface area contributed by atoms with E-state index in [1.807, 2.05) is 36.4 Å². The maximum Gasteiger partial charge on any atom is 0.251 e. The van der Waals surface area contributed by atoms with Gasteiger partial charge in [0.15, 0.2) is 0 Å². The number of carbonyl (C=O) groups is 2. The standard InChI is InChI=1S/C23H24N2O5/c26-22(14-9-10-14)24-18-12-28-21-19(13-29-20(18)21)25-23(27)15-5-4-8-17(11-15)30-16-6-2-1-3-7-16/h1-8,11,14,18-21H,9-10,12-13H2,(H,24,26)(H,25,27)/t18-,19-,20?,21+/m0/s1. The molecule has 3 fully saturated rings. The molecule has 0 radical (unpaired) electrons. The topological polar surface area (TPSA) is 85.9 Å². The first kappa shape index (κ1) is 19.1. The summed E-state index contributed by atoms with van der Waals surface area (Å²) in [5.74, 6) is 1.31. The first-order valence-electron chi connectivity index (χ1n) is 10.3. The summed E-state index contributed by atoms with van der Waals surface area (Å²) in [6, 6.07) is 16.1. The lowest BCUT2D eigenvalue weighted by Gasteiger charge is -2.18. The van der Waals surface area contributed by atoms with E-state index in [2.05, 4.69) is 10.6 Å². The lowest BCUT2D eigenvalue weighted by atomic mass is 10.1. The number of benzene rings is 2. The summed E-state index contributed by atoms with van der Waals surface area (Å²) in [7, 11) is 0. The van der Waals surface area contributed by atoms with E-state index in [0.717, 1.165) is 12.8 Å². The van der Waals surface area contributed by atoms with E-state index in [-0.39, 0.29) is 42.0 Å². The number of ether oxygens (including phenoxy) is 3. The van der Waals surface area contributed by atoms with Gasteiger partial charge in [0.2, 0.25) is 5.91 Å². The van der Waals surface area contributed by atoms with Crippen LogP contribution in [0.25, 0.3) is 0 Å². The quantitative estimate of drug-likeness (QED) is 0.766. The Kier molecular flexibility index (Phi) is 5.14. The number of amides is 2. The molecule has 1 unspecified atom stereocenters. The van der Waals surface area contributed by atoms with Crippen LogP contribution in [0.5, 0.6) is 11.5 Å². The summed E-state index contributed by atoms with van der Waals surface area (Å²) < 4.78 is 17.5. The molecule has 30 heavy (non-hydrogen) atoms. The van der Waals surface area contributed by atoms with Crippen LogP contribution in [0.2, 0.25) is 0 Å². The minimum atomic E-state index is -0.262. The van der Waals surface area contributed by atoms with Crippen LogP contribution < -0.4 is 15.4 Å². The molecular weight excluding hydrogens is 384 g/mol. The van der Waals surface area contributed by atoms with Crippen LogP contribution in [0.1, 0.15) is 23.2 Å². The van der Waals surface area contributed by atoms with Gasteiger partial charge in [-0.15, -0.1) is 0 Å². The molecule has 7 nitrogen and oxygen atoms in total. The summed E-state index contributed by atoms with van der Waals surface area (Å²) in [4.78, 5) is 24.9. The first-order chi connectivity index (χ1) is 14.7. The van der Waals surface area contributed by atoms with Crippen LogP contribution in [-0.4, -0.2) is 49.3 Å². The van der Waals surface area contributed by atoms with E-state index < -0.39 is 0 Å². The normalized spacial score (nSPS) is 27.3. The Morgan fingerprint density at radius 3 is 2.20 bits per heavy atom. The van der Waals surface area contributed by atoms with Crippen molar-refractivity contribution in [3.05, 3.63) is 60.2 Å². The summed E-state index contributed by atoms with van der Waals surface area (Å²) >= 11 is 0. The number of hydrogen-bond donors (Lipinski definition) is 2. The van der Waals surface area contributed by atoms with Crippen molar-refractivity contribution >= 4 is 11.8 Å². The first-order valence-corrected chi connectivity index (χ1v) is 10.3. The van der Waals surface area contributed by atoms with E-state index in [4.69, 9.17) is 14.2 Å². The lowest BCUT2D eigenvalue weighted by molar-refractivity contribution is -0.123. The summed E-state index contributed by atoms with van der Waals surface area (Å²) in [6.45, 7) is 0.762. The second-order valence-corrected chi connectivity index (χ2v) is 8.01. The predicted molar refractivity (Wildman–Crippen MR) is 108 cm³/mol. The molecule has 156 valence electrons. The van der Waals surface area contributed by atoms with Crippen molar-refractivity contribution < 1.29 is 23.8 Å². The number of hydrogen-bond acceptors (Lipinski definition) is 5. The van der Waals surface area contributed by atoms with E-state index in [9.17, 15) is 9.59 Å². The van der Waals surface area contributed by atoms with E-state index in [0.29, 0.717) is 30.3 Å². The van der Waals surface area contributed by atoms with Crippen molar-refractivity contribution in [1.82, 2.24) is 10.6 Å². The Hall–Kier alpha value is -2.90. The maximum absolute atomic E-state index is 12.8. The summed E-state index contributed by atoms with van der Waals surface area (Å²) in [5.41, 5.74) is 0.503. The number of para-hydroxylation sites is 1. The molecule has 5 rings (SSSR count). The molecule has 2 heterocycles. The van der Waals surface area contributed by atoms with Crippen LogP contribution >= 0.6 is 0 Å². The Morgan fingerprint density at radius 2 is 1.50 bits per heavy atom. The van der Waals surface area contributed by atoms with Crippen molar-refractivity contribution in [1.29, 1.82) is 0 Å². The molecule has 2 aromatic rings. The molecule has 0 spiro atoms. The van der Waals surface area contributed by atoms with Gasteiger partial charge in [-0.05, 0) is 43.2 Å². The number of nitrogens with one attached hydrogen (secondary N) is 2. The van der Waals surface area contributed by atoms with Gasteiger partial charge in [-0.1, -0.05) is 24.3 Å². The molecule has 0 bridgehead atoms. The SMILES string of the molecule is O=C(N[C@H]1COC2[C@@H](NC(=O)C3CC3)CO[C@@H]21)c1cccc(Oc2ccccc2)c1. The largest absolute Gasteiger partial charge is 0.457 e. The third kappa shape index (κ3) is 4.04. The summed E-state index contributed by atoms with van der Waals surface area (Å²) in [5, 5.41) is 6.04. The molecule has 1 aliphatic carbocycles. The zero-order valence-electron chi connectivity index (χ0n) is 16.5. The van der Waals surface area contributed by atoms with E-state index >= 15 is 0 Å². The molecule has 7 heteroatoms. The number of fused-ring (bicyclic) bond motifs is 1. The van der Waals surface area contributed by atoms with Crippen LogP contribution in [0, 0.1) is 5.92 Å². The zero-order chi connectivity index (χ0) is 20.5. The van der Waals surface area contributed by atoms with Crippen molar-refractivity contribution in [3.63, 3.8) is 0 Å². The van der Waals surface area contributed by atoms with Crippen molar-refractivity contribution in [2.75, 3.05) is 13.2 Å². The average Bonchev–Trinajstić information content (AvgIpc) is 3.44. The fraction of sp³-hybridized carbons (Fsp3) is 0.391. The lowest BCUT2D eigenvalue weighted by Crippen LogP contribution is -2.47. The third-order valence-corrected chi connectivity index (χ3v) is 5.72. The third-order valence-electron chi connectivity index (χ3n) is 5.72. The molecule has 0 aromatic heterocycles. The number of rotatable bonds is 6. The van der Waals surface area contributed by atoms with Crippen LogP contribution in [-0.2, 0) is 14.3 Å². The van der Waals surface area contributed by atoms with Crippen molar-refractivity contribution in [2.45, 2.75) is 37.1 Å².